The van der Waals surface area contributed by atoms with Crippen molar-refractivity contribution in [1.82, 2.24) is 4.98 Å². The molecule has 0 aliphatic rings. The molecule has 2 atom stereocenters. The summed E-state index contributed by atoms with van der Waals surface area (Å²) in [6.45, 7) is 3.62. The first kappa shape index (κ1) is 22.1. The van der Waals surface area contributed by atoms with Gasteiger partial charge in [0, 0.05) is 36.9 Å². The highest BCUT2D eigenvalue weighted by Gasteiger charge is 2.58. The fourth-order valence-corrected chi connectivity index (χ4v) is 3.96. The summed E-state index contributed by atoms with van der Waals surface area (Å²) >= 11 is 0. The Labute approximate surface area is 175 Å². The first-order valence-electron chi connectivity index (χ1n) is 9.93. The van der Waals surface area contributed by atoms with Crippen molar-refractivity contribution >= 4 is 16.6 Å². The molecule has 160 valence electrons. The van der Waals surface area contributed by atoms with E-state index < -0.39 is 23.6 Å². The van der Waals surface area contributed by atoms with E-state index in [1.54, 1.807) is 31.2 Å². The van der Waals surface area contributed by atoms with Crippen molar-refractivity contribution in [1.29, 1.82) is 0 Å². The van der Waals surface area contributed by atoms with Gasteiger partial charge in [-0.1, -0.05) is 44.2 Å². The van der Waals surface area contributed by atoms with Gasteiger partial charge in [-0.3, -0.25) is 4.98 Å². The number of pyridine rings is 1. The Morgan fingerprint density at radius 2 is 1.60 bits per heavy atom. The Morgan fingerprint density at radius 3 is 2.17 bits per heavy atom. The van der Waals surface area contributed by atoms with Crippen molar-refractivity contribution < 1.29 is 18.3 Å². The third-order valence-corrected chi connectivity index (χ3v) is 6.07. The summed E-state index contributed by atoms with van der Waals surface area (Å²) < 4.78 is 43.2. The lowest BCUT2D eigenvalue weighted by molar-refractivity contribution is -0.273. The van der Waals surface area contributed by atoms with Crippen LogP contribution in [0.25, 0.3) is 10.9 Å². The number of hydrogen-bond acceptors (Lipinski definition) is 3. The third kappa shape index (κ3) is 3.88. The van der Waals surface area contributed by atoms with Gasteiger partial charge >= 0.3 is 6.18 Å². The topological polar surface area (TPSA) is 36.4 Å². The van der Waals surface area contributed by atoms with E-state index >= 15 is 0 Å². The molecule has 0 aliphatic carbocycles. The highest BCUT2D eigenvalue weighted by molar-refractivity contribution is 5.83. The molecular weight excluding hydrogens is 389 g/mol. The average Bonchev–Trinajstić information content (AvgIpc) is 2.72. The summed E-state index contributed by atoms with van der Waals surface area (Å²) in [5.74, 6) is 0. The Hall–Kier alpha value is -2.60. The molecule has 30 heavy (non-hydrogen) atoms. The number of nitrogens with zero attached hydrogens (tertiary/aromatic N) is 2. The summed E-state index contributed by atoms with van der Waals surface area (Å²) in [5, 5.41) is 11.5. The lowest BCUT2D eigenvalue weighted by Gasteiger charge is -2.40. The normalized spacial score (nSPS) is 16.1. The number of alkyl halides is 3. The van der Waals surface area contributed by atoms with E-state index in [9.17, 15) is 18.3 Å². The molecule has 3 aromatic rings. The first-order valence-corrected chi connectivity index (χ1v) is 9.93. The Balaban J connectivity index is 2.13. The summed E-state index contributed by atoms with van der Waals surface area (Å²) in [6.07, 6.45) is -3.58. The second kappa shape index (κ2) is 7.91. The van der Waals surface area contributed by atoms with E-state index in [1.165, 1.54) is 12.3 Å². The first-order chi connectivity index (χ1) is 14.0. The minimum Gasteiger partial charge on any atom is -0.378 e. The van der Waals surface area contributed by atoms with E-state index in [0.717, 1.165) is 11.3 Å². The average molecular weight is 416 g/mol. The molecule has 1 heterocycles. The smallest absolute Gasteiger partial charge is 0.378 e. The van der Waals surface area contributed by atoms with Crippen molar-refractivity contribution in [2.45, 2.75) is 43.9 Å². The number of rotatable bonds is 6. The highest BCUT2D eigenvalue weighted by Crippen LogP contribution is 2.49. The van der Waals surface area contributed by atoms with Gasteiger partial charge in [0.1, 0.15) is 0 Å². The van der Waals surface area contributed by atoms with Crippen LogP contribution in [0.4, 0.5) is 18.9 Å². The molecule has 3 nitrogen and oxygen atoms in total. The number of aromatic nitrogens is 1. The van der Waals surface area contributed by atoms with Crippen molar-refractivity contribution in [2.24, 2.45) is 0 Å². The van der Waals surface area contributed by atoms with Crippen molar-refractivity contribution in [3.05, 3.63) is 71.9 Å². The van der Waals surface area contributed by atoms with Gasteiger partial charge in [-0.05, 0) is 48.1 Å². The Morgan fingerprint density at radius 1 is 0.967 bits per heavy atom. The molecule has 0 spiro atoms. The van der Waals surface area contributed by atoms with Crippen LogP contribution in [0.2, 0.25) is 0 Å². The fraction of sp³-hybridized carbons (Fsp3) is 0.375. The lowest BCUT2D eigenvalue weighted by atomic mass is 9.69. The number of hydrogen-bond donors (Lipinski definition) is 1. The molecule has 0 bridgehead atoms. The molecule has 1 N–H and O–H groups in total. The predicted molar refractivity (Wildman–Crippen MR) is 115 cm³/mol. The summed E-state index contributed by atoms with van der Waals surface area (Å²) in [5.41, 5.74) is -1.92. The van der Waals surface area contributed by atoms with Crippen molar-refractivity contribution in [3.63, 3.8) is 0 Å². The van der Waals surface area contributed by atoms with E-state index in [1.807, 2.05) is 50.2 Å². The second-order valence-electron chi connectivity index (χ2n) is 8.27. The van der Waals surface area contributed by atoms with Crippen LogP contribution in [0.1, 0.15) is 37.8 Å². The SMILES string of the molecule is CCC(C)(CC(O)(c1ccnc2ccccc12)C(F)(F)F)c1ccc(N(C)C)cc1. The van der Waals surface area contributed by atoms with Crippen LogP contribution < -0.4 is 4.90 Å². The number of halogens is 3. The van der Waals surface area contributed by atoms with Crippen molar-refractivity contribution in [3.8, 4) is 0 Å². The molecule has 0 saturated heterocycles. The van der Waals surface area contributed by atoms with E-state index in [-0.39, 0.29) is 5.56 Å². The zero-order valence-corrected chi connectivity index (χ0v) is 17.7. The van der Waals surface area contributed by atoms with E-state index in [0.29, 0.717) is 17.3 Å². The van der Waals surface area contributed by atoms with E-state index in [2.05, 4.69) is 4.98 Å². The molecule has 1 aromatic heterocycles. The van der Waals surface area contributed by atoms with Gasteiger partial charge in [-0.15, -0.1) is 0 Å². The fourth-order valence-electron chi connectivity index (χ4n) is 3.96. The molecule has 2 unspecified atom stereocenters. The summed E-state index contributed by atoms with van der Waals surface area (Å²) in [6, 6.07) is 15.3. The van der Waals surface area contributed by atoms with Gasteiger partial charge in [0.15, 0.2) is 5.60 Å². The number of benzene rings is 2. The van der Waals surface area contributed by atoms with Crippen LogP contribution in [0.5, 0.6) is 0 Å². The molecule has 0 radical (unpaired) electrons. The van der Waals surface area contributed by atoms with Crippen LogP contribution in [-0.2, 0) is 11.0 Å². The van der Waals surface area contributed by atoms with Crippen LogP contribution in [0, 0.1) is 0 Å². The molecule has 2 aromatic carbocycles. The van der Waals surface area contributed by atoms with Gasteiger partial charge < -0.3 is 10.0 Å². The van der Waals surface area contributed by atoms with Crippen LogP contribution in [-0.4, -0.2) is 30.4 Å². The van der Waals surface area contributed by atoms with Crippen LogP contribution in [0.3, 0.4) is 0 Å². The lowest BCUT2D eigenvalue weighted by Crippen LogP contribution is -2.47. The molecule has 0 aliphatic heterocycles. The molecule has 0 amide bonds. The van der Waals surface area contributed by atoms with Crippen molar-refractivity contribution in [2.75, 3.05) is 19.0 Å². The Kier molecular flexibility index (Phi) is 5.83. The maximum absolute atomic E-state index is 14.4. The van der Waals surface area contributed by atoms with Gasteiger partial charge in [0.05, 0.1) is 5.52 Å². The molecular formula is C24H27F3N2O. The monoisotopic (exact) mass is 416 g/mol. The predicted octanol–water partition coefficient (Wildman–Crippen LogP) is 5.81. The quantitative estimate of drug-likeness (QED) is 0.551. The maximum atomic E-state index is 14.4. The summed E-state index contributed by atoms with van der Waals surface area (Å²) in [7, 11) is 3.82. The largest absolute Gasteiger partial charge is 0.421 e. The number of fused-ring (bicyclic) bond motifs is 1. The van der Waals surface area contributed by atoms with Gasteiger partial charge in [0.2, 0.25) is 0 Å². The number of para-hydroxylation sites is 1. The second-order valence-corrected chi connectivity index (χ2v) is 8.27. The number of aliphatic hydroxyl groups is 1. The zero-order chi connectivity index (χ0) is 22.2. The maximum Gasteiger partial charge on any atom is 0.421 e. The Bertz CT molecular complexity index is 1010. The zero-order valence-electron chi connectivity index (χ0n) is 17.7. The van der Waals surface area contributed by atoms with Gasteiger partial charge in [-0.2, -0.15) is 13.2 Å². The van der Waals surface area contributed by atoms with E-state index in [4.69, 9.17) is 0 Å². The highest BCUT2D eigenvalue weighted by atomic mass is 19.4. The third-order valence-electron chi connectivity index (χ3n) is 6.07. The standard InChI is InChI=1S/C24H27F3N2O/c1-5-22(2,17-10-12-18(13-11-17)29(3)4)16-23(30,24(25,26)27)20-14-15-28-21-9-7-6-8-19(20)21/h6-15,30H,5,16H2,1-4H3. The van der Waals surface area contributed by atoms with Crippen LogP contribution >= 0.6 is 0 Å². The molecule has 3 rings (SSSR count). The summed E-state index contributed by atoms with van der Waals surface area (Å²) in [4.78, 5) is 6.09. The molecule has 0 fully saturated rings. The number of anilines is 1. The molecule has 6 heteroatoms. The molecule has 0 saturated carbocycles. The van der Waals surface area contributed by atoms with Crippen LogP contribution in [0.15, 0.2) is 60.8 Å². The van der Waals surface area contributed by atoms with Gasteiger partial charge in [0.25, 0.3) is 0 Å². The minimum atomic E-state index is -4.85. The minimum absolute atomic E-state index is 0.162. The van der Waals surface area contributed by atoms with Gasteiger partial charge in [-0.25, -0.2) is 0 Å².